The predicted molar refractivity (Wildman–Crippen MR) is 75.6 cm³/mol. The van der Waals surface area contributed by atoms with E-state index in [2.05, 4.69) is 15.4 Å². The van der Waals surface area contributed by atoms with Crippen LogP contribution < -0.4 is 5.32 Å². The van der Waals surface area contributed by atoms with Crippen LogP contribution in [0.2, 0.25) is 0 Å². The van der Waals surface area contributed by atoms with Gasteiger partial charge in [-0.05, 0) is 19.4 Å². The number of hydrogen-bond donors (Lipinski definition) is 2. The van der Waals surface area contributed by atoms with Crippen LogP contribution in [0.25, 0.3) is 11.4 Å². The molecule has 0 bridgehead atoms. The van der Waals surface area contributed by atoms with E-state index in [0.29, 0.717) is 11.6 Å². The molecule has 1 heterocycles. The van der Waals surface area contributed by atoms with Crippen LogP contribution in [0.4, 0.5) is 0 Å². The summed E-state index contributed by atoms with van der Waals surface area (Å²) in [5.41, 5.74) is 1.92. The second kappa shape index (κ2) is 6.17. The Morgan fingerprint density at radius 2 is 2.00 bits per heavy atom. The fourth-order valence-corrected chi connectivity index (χ4v) is 1.95. The first-order valence-electron chi connectivity index (χ1n) is 6.43. The minimum Gasteiger partial charge on any atom is -0.480 e. The molecule has 1 aromatic carbocycles. The van der Waals surface area contributed by atoms with E-state index in [0.717, 1.165) is 11.1 Å². The van der Waals surface area contributed by atoms with E-state index >= 15 is 0 Å². The van der Waals surface area contributed by atoms with E-state index in [1.165, 1.54) is 4.68 Å². The van der Waals surface area contributed by atoms with E-state index in [4.69, 9.17) is 5.11 Å². The van der Waals surface area contributed by atoms with Gasteiger partial charge in [-0.15, -0.1) is 0 Å². The minimum atomic E-state index is -1.09. The van der Waals surface area contributed by atoms with Crippen molar-refractivity contribution in [3.05, 3.63) is 35.7 Å². The molecule has 21 heavy (non-hydrogen) atoms. The van der Waals surface area contributed by atoms with Crippen LogP contribution >= 0.6 is 0 Å². The minimum absolute atomic E-state index is 0.0716. The molecule has 0 unspecified atom stereocenters. The highest BCUT2D eigenvalue weighted by molar-refractivity contribution is 5.81. The fraction of sp³-hybridized carbons (Fsp3) is 0.286. The molecule has 0 atom stereocenters. The SMILES string of the molecule is Cc1nc(-c2ccccc2C)n(CC(=O)NCC(=O)O)n1. The zero-order valence-electron chi connectivity index (χ0n) is 11.8. The van der Waals surface area contributed by atoms with Gasteiger partial charge in [0, 0.05) is 5.56 Å². The maximum absolute atomic E-state index is 11.7. The zero-order chi connectivity index (χ0) is 15.4. The third kappa shape index (κ3) is 3.65. The summed E-state index contributed by atoms with van der Waals surface area (Å²) in [6.45, 7) is 3.21. The van der Waals surface area contributed by atoms with E-state index in [9.17, 15) is 9.59 Å². The molecule has 2 rings (SSSR count). The lowest BCUT2D eigenvalue weighted by Crippen LogP contribution is -2.32. The van der Waals surface area contributed by atoms with Crippen LogP contribution in [0, 0.1) is 13.8 Å². The third-order valence-corrected chi connectivity index (χ3v) is 2.89. The van der Waals surface area contributed by atoms with E-state index < -0.39 is 18.4 Å². The van der Waals surface area contributed by atoms with Crippen LogP contribution in [0.15, 0.2) is 24.3 Å². The van der Waals surface area contributed by atoms with Gasteiger partial charge in [0.2, 0.25) is 5.91 Å². The molecule has 0 radical (unpaired) electrons. The van der Waals surface area contributed by atoms with Crippen LogP contribution in [0.5, 0.6) is 0 Å². The molecule has 0 spiro atoms. The molecule has 2 aromatic rings. The molecule has 0 saturated carbocycles. The van der Waals surface area contributed by atoms with E-state index in [1.54, 1.807) is 6.92 Å². The number of carbonyl (C=O) groups excluding carboxylic acids is 1. The van der Waals surface area contributed by atoms with Crippen molar-refractivity contribution < 1.29 is 14.7 Å². The Morgan fingerprint density at radius 3 is 2.67 bits per heavy atom. The van der Waals surface area contributed by atoms with Crippen molar-refractivity contribution in [2.45, 2.75) is 20.4 Å². The summed E-state index contributed by atoms with van der Waals surface area (Å²) >= 11 is 0. The summed E-state index contributed by atoms with van der Waals surface area (Å²) in [6, 6.07) is 7.67. The van der Waals surface area contributed by atoms with Gasteiger partial charge in [-0.3, -0.25) is 9.59 Å². The smallest absolute Gasteiger partial charge is 0.322 e. The molecular weight excluding hydrogens is 272 g/mol. The molecule has 0 aliphatic rings. The highest BCUT2D eigenvalue weighted by atomic mass is 16.4. The Balaban J connectivity index is 2.24. The number of hydrogen-bond acceptors (Lipinski definition) is 4. The van der Waals surface area contributed by atoms with Crippen molar-refractivity contribution in [2.24, 2.45) is 0 Å². The second-order valence-electron chi connectivity index (χ2n) is 4.63. The molecule has 7 nitrogen and oxygen atoms in total. The quantitative estimate of drug-likeness (QED) is 0.846. The molecule has 0 fully saturated rings. The van der Waals surface area contributed by atoms with Crippen LogP contribution in [0.3, 0.4) is 0 Å². The highest BCUT2D eigenvalue weighted by Gasteiger charge is 2.14. The lowest BCUT2D eigenvalue weighted by Gasteiger charge is -2.08. The Labute approximate surface area is 121 Å². The molecule has 1 aromatic heterocycles. The molecule has 2 N–H and O–H groups in total. The van der Waals surface area contributed by atoms with Gasteiger partial charge in [0.25, 0.3) is 0 Å². The van der Waals surface area contributed by atoms with Crippen LogP contribution in [-0.4, -0.2) is 38.3 Å². The van der Waals surface area contributed by atoms with Crippen molar-refractivity contribution in [3.63, 3.8) is 0 Å². The largest absolute Gasteiger partial charge is 0.480 e. The first-order chi connectivity index (χ1) is 9.97. The summed E-state index contributed by atoms with van der Waals surface area (Å²) in [5.74, 6) is -0.357. The normalized spacial score (nSPS) is 10.4. The van der Waals surface area contributed by atoms with Gasteiger partial charge in [-0.25, -0.2) is 9.67 Å². The van der Waals surface area contributed by atoms with Gasteiger partial charge in [-0.1, -0.05) is 24.3 Å². The summed E-state index contributed by atoms with van der Waals surface area (Å²) in [5, 5.41) is 15.1. The highest BCUT2D eigenvalue weighted by Crippen LogP contribution is 2.21. The monoisotopic (exact) mass is 288 g/mol. The average molecular weight is 288 g/mol. The number of aromatic nitrogens is 3. The molecule has 7 heteroatoms. The Hall–Kier alpha value is -2.70. The molecule has 0 aliphatic carbocycles. The van der Waals surface area contributed by atoms with Crippen molar-refractivity contribution in [3.8, 4) is 11.4 Å². The number of rotatable bonds is 5. The Morgan fingerprint density at radius 1 is 1.29 bits per heavy atom. The van der Waals surface area contributed by atoms with Gasteiger partial charge >= 0.3 is 5.97 Å². The Bertz CT molecular complexity index is 679. The van der Waals surface area contributed by atoms with E-state index in [-0.39, 0.29) is 6.54 Å². The lowest BCUT2D eigenvalue weighted by atomic mass is 10.1. The molecule has 1 amide bonds. The average Bonchev–Trinajstić information content (AvgIpc) is 2.77. The number of carboxylic acids is 1. The maximum Gasteiger partial charge on any atom is 0.322 e. The van der Waals surface area contributed by atoms with Crippen LogP contribution in [0.1, 0.15) is 11.4 Å². The molecule has 0 aliphatic heterocycles. The number of carbonyl (C=O) groups is 2. The number of nitrogens with zero attached hydrogens (tertiary/aromatic N) is 3. The first kappa shape index (κ1) is 14.7. The maximum atomic E-state index is 11.7. The van der Waals surface area contributed by atoms with E-state index in [1.807, 2.05) is 31.2 Å². The fourth-order valence-electron chi connectivity index (χ4n) is 1.95. The van der Waals surface area contributed by atoms with Crippen molar-refractivity contribution in [2.75, 3.05) is 6.54 Å². The summed E-state index contributed by atoms with van der Waals surface area (Å²) in [4.78, 5) is 26.5. The van der Waals surface area contributed by atoms with Gasteiger partial charge in [-0.2, -0.15) is 5.10 Å². The van der Waals surface area contributed by atoms with Crippen molar-refractivity contribution in [1.29, 1.82) is 0 Å². The van der Waals surface area contributed by atoms with Crippen molar-refractivity contribution in [1.82, 2.24) is 20.1 Å². The topological polar surface area (TPSA) is 97.1 Å². The number of aliphatic carboxylic acids is 1. The van der Waals surface area contributed by atoms with Gasteiger partial charge in [0.15, 0.2) is 5.82 Å². The molecule has 0 saturated heterocycles. The van der Waals surface area contributed by atoms with Crippen LogP contribution in [-0.2, 0) is 16.1 Å². The molecule has 110 valence electrons. The summed E-state index contributed by atoms with van der Waals surface area (Å²) in [7, 11) is 0. The van der Waals surface area contributed by atoms with Crippen molar-refractivity contribution >= 4 is 11.9 Å². The number of amides is 1. The Kier molecular flexibility index (Phi) is 4.32. The summed E-state index contributed by atoms with van der Waals surface area (Å²) < 4.78 is 1.48. The number of carboxylic acid groups (broad SMARTS) is 1. The number of nitrogens with one attached hydrogen (secondary N) is 1. The lowest BCUT2D eigenvalue weighted by molar-refractivity contribution is -0.138. The van der Waals surface area contributed by atoms with Gasteiger partial charge < -0.3 is 10.4 Å². The molecular formula is C14H16N4O3. The number of benzene rings is 1. The summed E-state index contributed by atoms with van der Waals surface area (Å²) in [6.07, 6.45) is 0. The van der Waals surface area contributed by atoms with Gasteiger partial charge in [0.1, 0.15) is 18.9 Å². The number of aryl methyl sites for hydroxylation is 2. The standard InChI is InChI=1S/C14H16N4O3/c1-9-5-3-4-6-11(9)14-16-10(2)17-18(14)8-12(19)15-7-13(20)21/h3-6H,7-8H2,1-2H3,(H,15,19)(H,20,21). The third-order valence-electron chi connectivity index (χ3n) is 2.89. The second-order valence-corrected chi connectivity index (χ2v) is 4.63. The van der Waals surface area contributed by atoms with Gasteiger partial charge in [0.05, 0.1) is 0 Å². The predicted octanol–water partition coefficient (Wildman–Crippen LogP) is 0.763. The first-order valence-corrected chi connectivity index (χ1v) is 6.43. The zero-order valence-corrected chi connectivity index (χ0v) is 11.8.